The number of carboxylic acids is 1. The fraction of sp³-hybridized carbons (Fsp3) is 0.438. The molecule has 142 valence electrons. The quantitative estimate of drug-likeness (QED) is 0.620. The van der Waals surface area contributed by atoms with Crippen molar-refractivity contribution in [1.82, 2.24) is 5.06 Å². The van der Waals surface area contributed by atoms with Crippen LogP contribution in [0, 0.1) is 0 Å². The number of aliphatic carboxylic acids is 1. The number of amides is 1. The second-order valence-electron chi connectivity index (χ2n) is 5.45. The van der Waals surface area contributed by atoms with E-state index in [2.05, 4.69) is 0 Å². The van der Waals surface area contributed by atoms with Crippen LogP contribution in [0.25, 0.3) is 0 Å². The molecule has 0 saturated carbocycles. The molecule has 10 heteroatoms. The maximum atomic E-state index is 12.2. The number of carboxylic acid groups (broad SMARTS) is 1. The summed E-state index contributed by atoms with van der Waals surface area (Å²) < 4.78 is 10.7. The summed E-state index contributed by atoms with van der Waals surface area (Å²) in [4.78, 5) is 38.2. The average molecular weight is 384 g/mol. The number of hydrogen-bond acceptors (Lipinski definition) is 8. The molecule has 1 aliphatic rings. The molecule has 1 fully saturated rings. The van der Waals surface area contributed by atoms with Gasteiger partial charge in [-0.05, 0) is 36.4 Å². The van der Waals surface area contributed by atoms with Crippen molar-refractivity contribution in [2.24, 2.45) is 5.73 Å². The minimum absolute atomic E-state index is 0.167. The van der Waals surface area contributed by atoms with Gasteiger partial charge in [0.25, 0.3) is 5.91 Å². The van der Waals surface area contributed by atoms with Crippen molar-refractivity contribution in [3.05, 3.63) is 24.3 Å². The van der Waals surface area contributed by atoms with E-state index in [-0.39, 0.29) is 13.2 Å². The highest BCUT2D eigenvalue weighted by Gasteiger charge is 2.49. The number of nitrogens with zero attached hydrogens (tertiary/aromatic N) is 1. The maximum Gasteiger partial charge on any atom is 0.336 e. The maximum absolute atomic E-state index is 12.2. The molecule has 1 amide bonds. The van der Waals surface area contributed by atoms with Crippen molar-refractivity contribution in [1.29, 1.82) is 0 Å². The lowest BCUT2D eigenvalue weighted by Crippen LogP contribution is -2.61. The van der Waals surface area contributed by atoms with Gasteiger partial charge in [0.05, 0.1) is 7.11 Å². The van der Waals surface area contributed by atoms with Gasteiger partial charge in [-0.1, -0.05) is 0 Å². The molecule has 1 saturated heterocycles. The van der Waals surface area contributed by atoms with Crippen molar-refractivity contribution in [2.45, 2.75) is 17.7 Å². The molecular formula is C16H20N2O7S. The summed E-state index contributed by atoms with van der Waals surface area (Å²) in [5.74, 6) is -1.29. The molecule has 1 atom stereocenters. The van der Waals surface area contributed by atoms with E-state index >= 15 is 0 Å². The van der Waals surface area contributed by atoms with E-state index in [1.807, 2.05) is 0 Å². The van der Waals surface area contributed by atoms with Crippen LogP contribution in [0.15, 0.2) is 24.3 Å². The van der Waals surface area contributed by atoms with Gasteiger partial charge in [-0.15, -0.1) is 16.8 Å². The number of nitrogens with two attached hydrogens (primary N) is 1. The van der Waals surface area contributed by atoms with E-state index < -0.39 is 29.1 Å². The van der Waals surface area contributed by atoms with Crippen LogP contribution in [0.4, 0.5) is 0 Å². The molecular weight excluding hydrogens is 364 g/mol. The monoisotopic (exact) mass is 384 g/mol. The van der Waals surface area contributed by atoms with Crippen molar-refractivity contribution in [2.75, 3.05) is 26.0 Å². The lowest BCUT2D eigenvalue weighted by Gasteiger charge is -2.41. The molecule has 9 nitrogen and oxygen atoms in total. The number of hydrogen-bond donors (Lipinski definition) is 2. The van der Waals surface area contributed by atoms with Crippen LogP contribution in [0.1, 0.15) is 12.8 Å². The zero-order valence-corrected chi connectivity index (χ0v) is 15.0. The van der Waals surface area contributed by atoms with Gasteiger partial charge in [-0.2, -0.15) is 0 Å². The van der Waals surface area contributed by atoms with E-state index in [9.17, 15) is 14.4 Å². The molecule has 0 aromatic heterocycles. The van der Waals surface area contributed by atoms with E-state index in [0.29, 0.717) is 23.7 Å². The Bertz CT molecular complexity index is 667. The molecule has 3 N–H and O–H groups in total. The van der Waals surface area contributed by atoms with Crippen molar-refractivity contribution < 1.29 is 33.8 Å². The first-order valence-electron chi connectivity index (χ1n) is 7.78. The van der Waals surface area contributed by atoms with Gasteiger partial charge >= 0.3 is 11.9 Å². The van der Waals surface area contributed by atoms with E-state index in [1.165, 1.54) is 11.8 Å². The lowest BCUT2D eigenvalue weighted by atomic mass is 10.2. The summed E-state index contributed by atoms with van der Waals surface area (Å²) in [7, 11) is 1.54. The summed E-state index contributed by atoms with van der Waals surface area (Å²) in [6, 6.07) is 6.74. The van der Waals surface area contributed by atoms with E-state index in [0.717, 1.165) is 5.06 Å². The number of thioether (sulfide) groups is 1. The fourth-order valence-electron chi connectivity index (χ4n) is 2.33. The summed E-state index contributed by atoms with van der Waals surface area (Å²) in [5.41, 5.74) is 5.57. The zero-order valence-electron chi connectivity index (χ0n) is 14.2. The molecule has 0 aliphatic carbocycles. The normalized spacial score (nSPS) is 20.2. The van der Waals surface area contributed by atoms with Gasteiger partial charge in [0.2, 0.25) is 4.87 Å². The summed E-state index contributed by atoms with van der Waals surface area (Å²) in [5, 5.41) is 9.82. The Morgan fingerprint density at radius 3 is 2.50 bits per heavy atom. The third kappa shape index (κ3) is 4.79. The van der Waals surface area contributed by atoms with E-state index in [1.54, 1.807) is 31.4 Å². The largest absolute Gasteiger partial charge is 0.497 e. The minimum Gasteiger partial charge on any atom is -0.497 e. The number of rotatable bonds is 8. The third-order valence-corrected chi connectivity index (χ3v) is 5.13. The summed E-state index contributed by atoms with van der Waals surface area (Å²) >= 11 is 1.19. The van der Waals surface area contributed by atoms with Crippen LogP contribution in [-0.4, -0.2) is 58.9 Å². The van der Waals surface area contributed by atoms with Gasteiger partial charge in [0.15, 0.2) is 0 Å². The minimum atomic E-state index is -1.44. The Kier molecular flexibility index (Phi) is 6.70. The lowest BCUT2D eigenvalue weighted by molar-refractivity contribution is -0.211. The van der Waals surface area contributed by atoms with Crippen molar-refractivity contribution in [3.8, 4) is 11.5 Å². The smallest absolute Gasteiger partial charge is 0.336 e. The molecule has 0 spiro atoms. The third-order valence-electron chi connectivity index (χ3n) is 3.64. The predicted octanol–water partition coefficient (Wildman–Crippen LogP) is 0.627. The van der Waals surface area contributed by atoms with Gasteiger partial charge < -0.3 is 25.2 Å². The predicted molar refractivity (Wildman–Crippen MR) is 92.5 cm³/mol. The number of benzene rings is 1. The number of methoxy groups -OCH3 is 1. The second-order valence-corrected chi connectivity index (χ2v) is 6.82. The summed E-state index contributed by atoms with van der Waals surface area (Å²) in [6.45, 7) is 0.0763. The number of ether oxygens (including phenoxy) is 2. The number of hydroxylamine groups is 2. The van der Waals surface area contributed by atoms with Crippen molar-refractivity contribution >= 4 is 29.6 Å². The Hall–Kier alpha value is -2.46. The molecule has 1 aromatic carbocycles. The molecule has 1 aromatic rings. The fourth-order valence-corrected chi connectivity index (χ4v) is 3.50. The molecule has 2 rings (SSSR count). The van der Waals surface area contributed by atoms with Gasteiger partial charge in [0, 0.05) is 6.54 Å². The highest BCUT2D eigenvalue weighted by atomic mass is 32.2. The van der Waals surface area contributed by atoms with Crippen LogP contribution >= 0.6 is 11.8 Å². The topological polar surface area (TPSA) is 128 Å². The molecule has 0 bridgehead atoms. The van der Waals surface area contributed by atoms with Crippen LogP contribution < -0.4 is 15.2 Å². The molecule has 1 heterocycles. The van der Waals surface area contributed by atoms with E-state index in [4.69, 9.17) is 25.2 Å². The highest BCUT2D eigenvalue weighted by molar-refractivity contribution is 8.01. The SMILES string of the molecule is COc1ccc(OCC2(C(N)=O)SCCCN2OC(=O)CC(=O)O)cc1. The van der Waals surface area contributed by atoms with Crippen LogP contribution in [0.3, 0.4) is 0 Å². The number of primary amides is 1. The Morgan fingerprint density at radius 2 is 1.92 bits per heavy atom. The Balaban J connectivity index is 2.13. The first-order valence-corrected chi connectivity index (χ1v) is 8.77. The van der Waals surface area contributed by atoms with Crippen LogP contribution in [0.2, 0.25) is 0 Å². The first-order chi connectivity index (χ1) is 12.4. The zero-order chi connectivity index (χ0) is 19.2. The Labute approximate surface area is 154 Å². The second kappa shape index (κ2) is 8.77. The van der Waals surface area contributed by atoms with Gasteiger partial charge in [-0.3, -0.25) is 9.59 Å². The standard InChI is InChI=1S/C16H20N2O7S/c1-23-11-3-5-12(6-4-11)24-10-16(15(17)22)18(7-2-8-26-16)25-14(21)9-13(19)20/h3-6H,2,7-10H2,1H3,(H2,17,22)(H,19,20). The van der Waals surface area contributed by atoms with Crippen LogP contribution in [-0.2, 0) is 19.2 Å². The summed E-state index contributed by atoms with van der Waals surface area (Å²) in [6.07, 6.45) is -0.169. The van der Waals surface area contributed by atoms with Crippen molar-refractivity contribution in [3.63, 3.8) is 0 Å². The molecule has 0 radical (unpaired) electrons. The Morgan fingerprint density at radius 1 is 1.27 bits per heavy atom. The van der Waals surface area contributed by atoms with Gasteiger partial charge in [-0.25, -0.2) is 4.79 Å². The molecule has 1 unspecified atom stereocenters. The highest BCUT2D eigenvalue weighted by Crippen LogP contribution is 2.36. The van der Waals surface area contributed by atoms with Gasteiger partial charge in [0.1, 0.15) is 24.5 Å². The first kappa shape index (κ1) is 19.9. The number of carbonyl (C=O) groups excluding carboxylic acids is 2. The molecule has 1 aliphatic heterocycles. The molecule has 26 heavy (non-hydrogen) atoms. The van der Waals surface area contributed by atoms with Crippen LogP contribution in [0.5, 0.6) is 11.5 Å². The average Bonchev–Trinajstić information content (AvgIpc) is 2.60. The number of carbonyl (C=O) groups is 3.